The molecule has 4 amide bonds. The third kappa shape index (κ3) is 5.22. The molecule has 1 heterocycles. The van der Waals surface area contributed by atoms with E-state index in [1.807, 2.05) is 20.8 Å². The molecule has 0 radical (unpaired) electrons. The second-order valence-electron chi connectivity index (χ2n) is 8.36. The number of carbonyl (C=O) groups excluding carboxylic acids is 5. The van der Waals surface area contributed by atoms with Gasteiger partial charge in [0.15, 0.2) is 6.61 Å². The molecular formula is C21H27N3O6. The van der Waals surface area contributed by atoms with Crippen LogP contribution in [0.25, 0.3) is 0 Å². The number of nitrogens with one attached hydrogen (secondary N) is 1. The Hall–Kier alpha value is -3.23. The number of rotatable bonds is 6. The molecule has 1 aromatic rings. The van der Waals surface area contributed by atoms with Gasteiger partial charge in [0.2, 0.25) is 5.91 Å². The third-order valence-corrected chi connectivity index (χ3v) is 4.46. The van der Waals surface area contributed by atoms with Crippen molar-refractivity contribution in [1.82, 2.24) is 15.1 Å². The molecule has 0 spiro atoms. The van der Waals surface area contributed by atoms with Gasteiger partial charge in [-0.05, 0) is 46.8 Å². The summed E-state index contributed by atoms with van der Waals surface area (Å²) in [5.41, 5.74) is 0.843. The number of imide groups is 1. The molecule has 1 aromatic carbocycles. The standard InChI is InChI=1S/C21H27N3O6/c1-12-7-8-14-15(9-12)19(28)24(18(14)27)13(2)20(29)30-11-17(26)23(6)10-16(25)22-21(3,4)5/h7-9,13H,10-11H2,1-6H3,(H,22,25). The van der Waals surface area contributed by atoms with E-state index < -0.39 is 41.9 Å². The number of hydrogen-bond donors (Lipinski definition) is 1. The topological polar surface area (TPSA) is 113 Å². The van der Waals surface area contributed by atoms with E-state index in [9.17, 15) is 24.0 Å². The first-order valence-corrected chi connectivity index (χ1v) is 9.52. The number of fused-ring (bicyclic) bond motifs is 1. The lowest BCUT2D eigenvalue weighted by atomic mass is 10.1. The first-order valence-electron chi connectivity index (χ1n) is 9.52. The lowest BCUT2D eigenvalue weighted by molar-refractivity contribution is -0.154. The highest BCUT2D eigenvalue weighted by molar-refractivity contribution is 6.22. The Bertz CT molecular complexity index is 902. The first kappa shape index (κ1) is 23.1. The van der Waals surface area contributed by atoms with Crippen LogP contribution in [0.15, 0.2) is 18.2 Å². The van der Waals surface area contributed by atoms with Crippen LogP contribution in [0.5, 0.6) is 0 Å². The molecule has 30 heavy (non-hydrogen) atoms. The van der Waals surface area contributed by atoms with Crippen LogP contribution in [-0.2, 0) is 19.1 Å². The number of ether oxygens (including phenoxy) is 1. The molecule has 0 aliphatic carbocycles. The normalized spacial score (nSPS) is 14.3. The van der Waals surface area contributed by atoms with Gasteiger partial charge in [0.25, 0.3) is 17.7 Å². The molecule has 0 fully saturated rings. The summed E-state index contributed by atoms with van der Waals surface area (Å²) in [7, 11) is 1.41. The van der Waals surface area contributed by atoms with Crippen LogP contribution in [-0.4, -0.2) is 71.2 Å². The number of benzene rings is 1. The van der Waals surface area contributed by atoms with E-state index in [4.69, 9.17) is 4.74 Å². The van der Waals surface area contributed by atoms with Gasteiger partial charge in [0, 0.05) is 12.6 Å². The second-order valence-corrected chi connectivity index (χ2v) is 8.36. The quantitative estimate of drug-likeness (QED) is 0.543. The lowest BCUT2D eigenvalue weighted by Crippen LogP contribution is -2.47. The summed E-state index contributed by atoms with van der Waals surface area (Å²) < 4.78 is 4.99. The van der Waals surface area contributed by atoms with Gasteiger partial charge in [-0.3, -0.25) is 24.1 Å². The molecule has 9 heteroatoms. The molecule has 1 unspecified atom stereocenters. The second kappa shape index (κ2) is 8.64. The van der Waals surface area contributed by atoms with Crippen LogP contribution in [0.3, 0.4) is 0 Å². The van der Waals surface area contributed by atoms with Gasteiger partial charge in [0.1, 0.15) is 6.04 Å². The lowest BCUT2D eigenvalue weighted by Gasteiger charge is -2.24. The molecule has 162 valence electrons. The highest BCUT2D eigenvalue weighted by Crippen LogP contribution is 2.26. The fourth-order valence-electron chi connectivity index (χ4n) is 2.96. The number of hydrogen-bond acceptors (Lipinski definition) is 6. The largest absolute Gasteiger partial charge is 0.454 e. The highest BCUT2D eigenvalue weighted by Gasteiger charge is 2.41. The number of likely N-dealkylation sites (N-methyl/N-ethyl adjacent to an activating group) is 1. The maximum Gasteiger partial charge on any atom is 0.329 e. The molecule has 1 N–H and O–H groups in total. The fourth-order valence-corrected chi connectivity index (χ4v) is 2.96. The summed E-state index contributed by atoms with van der Waals surface area (Å²) in [6.07, 6.45) is 0. The minimum absolute atomic E-state index is 0.193. The van der Waals surface area contributed by atoms with E-state index in [2.05, 4.69) is 5.32 Å². The molecule has 1 aliphatic heterocycles. The molecule has 2 rings (SSSR count). The zero-order valence-electron chi connectivity index (χ0n) is 18.1. The summed E-state index contributed by atoms with van der Waals surface area (Å²) in [5.74, 6) is -2.98. The van der Waals surface area contributed by atoms with Crippen LogP contribution in [0.4, 0.5) is 0 Å². The molecule has 0 aromatic heterocycles. The smallest absolute Gasteiger partial charge is 0.329 e. The van der Waals surface area contributed by atoms with Gasteiger partial charge >= 0.3 is 5.97 Å². The van der Waals surface area contributed by atoms with Crippen molar-refractivity contribution >= 4 is 29.6 Å². The summed E-state index contributed by atoms with van der Waals surface area (Å²) >= 11 is 0. The Kier molecular flexibility index (Phi) is 6.64. The number of amides is 4. The van der Waals surface area contributed by atoms with E-state index in [0.29, 0.717) is 0 Å². The Morgan fingerprint density at radius 2 is 1.73 bits per heavy atom. The van der Waals surface area contributed by atoms with Gasteiger partial charge in [-0.1, -0.05) is 11.6 Å². The van der Waals surface area contributed by atoms with Crippen molar-refractivity contribution in [2.75, 3.05) is 20.2 Å². The van der Waals surface area contributed by atoms with Crippen molar-refractivity contribution in [3.8, 4) is 0 Å². The van der Waals surface area contributed by atoms with E-state index in [-0.39, 0.29) is 23.6 Å². The molecule has 0 saturated carbocycles. The minimum atomic E-state index is -1.19. The minimum Gasteiger partial charge on any atom is -0.454 e. The van der Waals surface area contributed by atoms with Crippen LogP contribution in [0.2, 0.25) is 0 Å². The predicted octanol–water partition coefficient (Wildman–Crippen LogP) is 0.896. The predicted molar refractivity (Wildman–Crippen MR) is 108 cm³/mol. The Balaban J connectivity index is 1.93. The molecule has 0 bridgehead atoms. The van der Waals surface area contributed by atoms with Crippen molar-refractivity contribution < 1.29 is 28.7 Å². The fraction of sp³-hybridized carbons (Fsp3) is 0.476. The average Bonchev–Trinajstić information content (AvgIpc) is 2.87. The highest BCUT2D eigenvalue weighted by atomic mass is 16.5. The Morgan fingerprint density at radius 1 is 1.13 bits per heavy atom. The van der Waals surface area contributed by atoms with E-state index in [0.717, 1.165) is 15.4 Å². The van der Waals surface area contributed by atoms with Gasteiger partial charge in [-0.25, -0.2) is 4.79 Å². The average molecular weight is 417 g/mol. The van der Waals surface area contributed by atoms with Crippen LogP contribution < -0.4 is 5.32 Å². The summed E-state index contributed by atoms with van der Waals surface area (Å²) in [4.78, 5) is 63.5. The SMILES string of the molecule is Cc1ccc2c(c1)C(=O)N(C(C)C(=O)OCC(=O)N(C)CC(=O)NC(C)(C)C)C2=O. The number of carbonyl (C=O) groups is 5. The first-order chi connectivity index (χ1) is 13.8. The molecular weight excluding hydrogens is 390 g/mol. The summed E-state index contributed by atoms with van der Waals surface area (Å²) in [6, 6.07) is 3.65. The maximum absolute atomic E-state index is 12.6. The van der Waals surface area contributed by atoms with Crippen LogP contribution in [0.1, 0.15) is 54.0 Å². The number of esters is 1. The van der Waals surface area contributed by atoms with Crippen molar-refractivity contribution in [3.63, 3.8) is 0 Å². The molecule has 9 nitrogen and oxygen atoms in total. The van der Waals surface area contributed by atoms with Gasteiger partial charge in [-0.15, -0.1) is 0 Å². The van der Waals surface area contributed by atoms with Crippen LogP contribution in [0, 0.1) is 6.92 Å². The van der Waals surface area contributed by atoms with Crippen molar-refractivity contribution in [1.29, 1.82) is 0 Å². The molecule has 1 atom stereocenters. The van der Waals surface area contributed by atoms with Gasteiger partial charge in [-0.2, -0.15) is 0 Å². The van der Waals surface area contributed by atoms with E-state index >= 15 is 0 Å². The molecule has 1 aliphatic rings. The van der Waals surface area contributed by atoms with E-state index in [1.54, 1.807) is 25.1 Å². The van der Waals surface area contributed by atoms with Crippen molar-refractivity contribution in [2.45, 2.75) is 46.2 Å². The Labute approximate surface area is 175 Å². The zero-order chi connectivity index (χ0) is 22.8. The summed E-state index contributed by atoms with van der Waals surface area (Å²) in [5, 5.41) is 2.73. The van der Waals surface area contributed by atoms with Gasteiger partial charge < -0.3 is 15.0 Å². The van der Waals surface area contributed by atoms with Gasteiger partial charge in [0.05, 0.1) is 17.7 Å². The number of nitrogens with zero attached hydrogens (tertiary/aromatic N) is 2. The van der Waals surface area contributed by atoms with E-state index in [1.165, 1.54) is 14.0 Å². The molecule has 0 saturated heterocycles. The van der Waals surface area contributed by atoms with Crippen LogP contribution >= 0.6 is 0 Å². The van der Waals surface area contributed by atoms with Crippen molar-refractivity contribution in [2.24, 2.45) is 0 Å². The third-order valence-electron chi connectivity index (χ3n) is 4.46. The maximum atomic E-state index is 12.6. The van der Waals surface area contributed by atoms with Crippen molar-refractivity contribution in [3.05, 3.63) is 34.9 Å². The summed E-state index contributed by atoms with van der Waals surface area (Å²) in [6.45, 7) is 7.80. The monoisotopic (exact) mass is 417 g/mol. The Morgan fingerprint density at radius 3 is 2.33 bits per heavy atom. The number of aryl methyl sites for hydroxylation is 1. The zero-order valence-corrected chi connectivity index (χ0v) is 18.1.